The van der Waals surface area contributed by atoms with Crippen molar-refractivity contribution < 1.29 is 9.30 Å². The highest BCUT2D eigenvalue weighted by Crippen LogP contribution is 2.32. The minimum absolute atomic E-state index is 0.193. The third kappa shape index (κ3) is 3.42. The van der Waals surface area contributed by atoms with Crippen molar-refractivity contribution >= 4 is 51.8 Å². The lowest BCUT2D eigenvalue weighted by molar-refractivity contribution is -0.692. The molecule has 0 radical (unpaired) electrons. The summed E-state index contributed by atoms with van der Waals surface area (Å²) in [5, 5.41) is 0.861. The molecule has 0 saturated carbocycles. The Labute approximate surface area is 185 Å². The fraction of sp³-hybridized carbons (Fsp3) is 0.211. The molecule has 1 atom stereocenters. The molecule has 6 nitrogen and oxygen atoms in total. The topological polar surface area (TPSA) is 52.4 Å². The summed E-state index contributed by atoms with van der Waals surface area (Å²) >= 11 is 19.9. The fourth-order valence-corrected chi connectivity index (χ4v) is 4.95. The van der Waals surface area contributed by atoms with E-state index in [1.54, 1.807) is 40.6 Å². The zero-order valence-corrected chi connectivity index (χ0v) is 18.8. The van der Waals surface area contributed by atoms with Crippen LogP contribution in [0.4, 0.5) is 0 Å². The molecule has 0 fully saturated rings. The predicted molar refractivity (Wildman–Crippen MR) is 116 cm³/mol. The molecule has 0 aliphatic heterocycles. The van der Waals surface area contributed by atoms with Gasteiger partial charge in [-0.25, -0.2) is 14.5 Å². The molecule has 0 amide bonds. The minimum Gasteiger partial charge on any atom is -0.465 e. The van der Waals surface area contributed by atoms with Crippen LogP contribution in [0.5, 0.6) is 5.88 Å². The molecule has 0 aliphatic carbocycles. The molecule has 150 valence electrons. The first-order valence-corrected chi connectivity index (χ1v) is 10.5. The quantitative estimate of drug-likeness (QED) is 0.409. The Morgan fingerprint density at radius 2 is 1.90 bits per heavy atom. The van der Waals surface area contributed by atoms with Crippen LogP contribution >= 0.6 is 46.1 Å². The summed E-state index contributed by atoms with van der Waals surface area (Å²) in [6.45, 7) is 2.00. The summed E-state index contributed by atoms with van der Waals surface area (Å²) in [5.74, 6) is 0.400. The van der Waals surface area contributed by atoms with Gasteiger partial charge in [0.25, 0.3) is 0 Å². The van der Waals surface area contributed by atoms with Crippen molar-refractivity contribution in [1.82, 2.24) is 14.2 Å². The first-order valence-electron chi connectivity index (χ1n) is 8.59. The molecule has 29 heavy (non-hydrogen) atoms. The van der Waals surface area contributed by atoms with Crippen LogP contribution in [0.1, 0.15) is 17.8 Å². The van der Waals surface area contributed by atoms with Crippen LogP contribution in [0, 0.1) is 0 Å². The SMILES string of the molecule is COc1c(-c2cc(Cl)cc(Cl)c2)c(=O)n2c(ccn2C)[n+]1C(C)c1cnc(Cl)s1. The molecule has 0 spiro atoms. The molecule has 1 aromatic carbocycles. The maximum atomic E-state index is 13.5. The second-order valence-corrected chi connectivity index (χ2v) is 8.99. The molecule has 1 unspecified atom stereocenters. The van der Waals surface area contributed by atoms with Gasteiger partial charge in [0.2, 0.25) is 0 Å². The number of aryl methyl sites for hydroxylation is 1. The zero-order valence-electron chi connectivity index (χ0n) is 15.7. The molecular formula is C19H16Cl3N4O2S+. The van der Waals surface area contributed by atoms with E-state index >= 15 is 0 Å². The number of aromatic nitrogens is 4. The minimum atomic E-state index is -0.242. The normalized spacial score (nSPS) is 12.5. The number of hydrogen-bond donors (Lipinski definition) is 0. The van der Waals surface area contributed by atoms with E-state index in [4.69, 9.17) is 39.5 Å². The number of benzene rings is 1. The number of hydrogen-bond acceptors (Lipinski definition) is 4. The summed E-state index contributed by atoms with van der Waals surface area (Å²) in [5.41, 5.74) is 1.36. The van der Waals surface area contributed by atoms with Crippen molar-refractivity contribution in [2.24, 2.45) is 7.05 Å². The van der Waals surface area contributed by atoms with E-state index in [1.807, 2.05) is 23.8 Å². The molecule has 0 bridgehead atoms. The highest BCUT2D eigenvalue weighted by Gasteiger charge is 2.32. The Hall–Kier alpha value is -2.06. The van der Waals surface area contributed by atoms with Crippen LogP contribution in [0.25, 0.3) is 16.8 Å². The lowest BCUT2D eigenvalue weighted by Gasteiger charge is -2.16. The summed E-state index contributed by atoms with van der Waals surface area (Å²) in [4.78, 5) is 18.5. The summed E-state index contributed by atoms with van der Waals surface area (Å²) in [7, 11) is 3.33. The van der Waals surface area contributed by atoms with Gasteiger partial charge in [-0.3, -0.25) is 0 Å². The molecule has 4 rings (SSSR count). The number of ether oxygens (including phenoxy) is 1. The number of thiazole rings is 1. The molecule has 3 aromatic heterocycles. The van der Waals surface area contributed by atoms with Gasteiger partial charge in [-0.15, -0.1) is 11.3 Å². The van der Waals surface area contributed by atoms with Crippen molar-refractivity contribution in [3.8, 4) is 17.0 Å². The van der Waals surface area contributed by atoms with Gasteiger partial charge in [-0.05, 0) is 25.1 Å². The third-order valence-electron chi connectivity index (χ3n) is 4.70. The van der Waals surface area contributed by atoms with Crippen LogP contribution in [-0.2, 0) is 7.05 Å². The van der Waals surface area contributed by atoms with Crippen molar-refractivity contribution in [2.45, 2.75) is 13.0 Å². The lowest BCUT2D eigenvalue weighted by atomic mass is 10.1. The number of fused-ring (bicyclic) bond motifs is 1. The third-order valence-corrected chi connectivity index (χ3v) is 6.42. The Bertz CT molecular complexity index is 1270. The van der Waals surface area contributed by atoms with E-state index in [0.717, 1.165) is 4.88 Å². The number of halogens is 3. The second-order valence-electron chi connectivity index (χ2n) is 6.47. The van der Waals surface area contributed by atoms with Gasteiger partial charge in [-0.2, -0.15) is 4.57 Å². The number of rotatable bonds is 4. The van der Waals surface area contributed by atoms with Gasteiger partial charge >= 0.3 is 17.1 Å². The highest BCUT2D eigenvalue weighted by molar-refractivity contribution is 7.15. The van der Waals surface area contributed by atoms with Crippen LogP contribution < -0.4 is 14.9 Å². The van der Waals surface area contributed by atoms with Gasteiger partial charge in [0, 0.05) is 28.9 Å². The van der Waals surface area contributed by atoms with Gasteiger partial charge in [0.15, 0.2) is 10.0 Å². The summed E-state index contributed by atoms with van der Waals surface area (Å²) < 4.78 is 11.4. The molecule has 10 heteroatoms. The average Bonchev–Trinajstić information content (AvgIpc) is 3.26. The Kier molecular flexibility index (Phi) is 5.33. The maximum Gasteiger partial charge on any atom is 0.373 e. The van der Waals surface area contributed by atoms with Gasteiger partial charge in [0.1, 0.15) is 6.04 Å². The highest BCUT2D eigenvalue weighted by atomic mass is 35.5. The first kappa shape index (κ1) is 20.2. The second kappa shape index (κ2) is 7.65. The molecule has 3 heterocycles. The summed E-state index contributed by atoms with van der Waals surface area (Å²) in [6, 6.07) is 6.67. The lowest BCUT2D eigenvalue weighted by Crippen LogP contribution is -2.45. The number of nitrogens with zero attached hydrogens (tertiary/aromatic N) is 4. The Balaban J connectivity index is 2.13. The smallest absolute Gasteiger partial charge is 0.373 e. The Morgan fingerprint density at radius 1 is 1.21 bits per heavy atom. The van der Waals surface area contributed by atoms with Crippen LogP contribution in [0.2, 0.25) is 14.5 Å². The van der Waals surface area contributed by atoms with Crippen LogP contribution in [0.3, 0.4) is 0 Å². The average molecular weight is 471 g/mol. The van der Waals surface area contributed by atoms with Gasteiger partial charge in [0.05, 0.1) is 24.3 Å². The fourth-order valence-electron chi connectivity index (χ4n) is 3.43. The molecular weight excluding hydrogens is 455 g/mol. The van der Waals surface area contributed by atoms with Crippen molar-refractivity contribution in [3.05, 3.63) is 66.4 Å². The standard InChI is InChI=1S/C19H16Cl3N4O2S/c1-10(14-9-23-19(22)29-14)25-15-4-5-24(2)26(15)17(27)16(18(25)28-3)11-6-12(20)8-13(21)7-11/h4-10H,1-3H3/q+1. The van der Waals surface area contributed by atoms with Crippen molar-refractivity contribution in [2.75, 3.05) is 7.11 Å². The monoisotopic (exact) mass is 469 g/mol. The van der Waals surface area contributed by atoms with Crippen molar-refractivity contribution in [1.29, 1.82) is 0 Å². The first-order chi connectivity index (χ1) is 13.8. The summed E-state index contributed by atoms with van der Waals surface area (Å²) in [6.07, 6.45) is 3.54. The van der Waals surface area contributed by atoms with Gasteiger partial charge in [-0.1, -0.05) is 39.3 Å². The van der Waals surface area contributed by atoms with E-state index < -0.39 is 0 Å². The van der Waals surface area contributed by atoms with Gasteiger partial charge < -0.3 is 4.74 Å². The van der Waals surface area contributed by atoms with Crippen LogP contribution in [0.15, 0.2) is 41.5 Å². The van der Waals surface area contributed by atoms with Crippen LogP contribution in [-0.4, -0.2) is 21.3 Å². The van der Waals surface area contributed by atoms with E-state index in [2.05, 4.69) is 4.98 Å². The van der Waals surface area contributed by atoms with E-state index in [-0.39, 0.29) is 11.6 Å². The predicted octanol–water partition coefficient (Wildman–Crippen LogP) is 4.63. The van der Waals surface area contributed by atoms with E-state index in [1.165, 1.54) is 18.4 Å². The molecule has 4 aromatic rings. The zero-order chi connectivity index (χ0) is 20.9. The van der Waals surface area contributed by atoms with E-state index in [9.17, 15) is 4.79 Å². The Morgan fingerprint density at radius 3 is 2.48 bits per heavy atom. The largest absolute Gasteiger partial charge is 0.465 e. The van der Waals surface area contributed by atoms with Crippen molar-refractivity contribution in [3.63, 3.8) is 0 Å². The molecule has 0 N–H and O–H groups in total. The van der Waals surface area contributed by atoms with E-state index in [0.29, 0.717) is 37.2 Å². The maximum absolute atomic E-state index is 13.5. The number of methoxy groups -OCH3 is 1. The molecule has 0 aliphatic rings. The molecule has 0 saturated heterocycles.